The zero-order valence-electron chi connectivity index (χ0n) is 23.2. The van der Waals surface area contributed by atoms with Gasteiger partial charge in [-0.25, -0.2) is 0 Å². The molecule has 202 valence electrons. The molecule has 0 saturated carbocycles. The summed E-state index contributed by atoms with van der Waals surface area (Å²) in [5.41, 5.74) is 13.8. The highest BCUT2D eigenvalue weighted by molar-refractivity contribution is 5.86. The van der Waals surface area contributed by atoms with Crippen molar-refractivity contribution in [3.8, 4) is 44.5 Å². The Balaban J connectivity index is 1.35. The lowest BCUT2D eigenvalue weighted by Gasteiger charge is -2.15. The first kappa shape index (κ1) is 25.5. The number of allylic oxidation sites excluding steroid dienone is 4. The third kappa shape index (κ3) is 5.43. The third-order valence-electron chi connectivity index (χ3n) is 7.63. The molecule has 2 aliphatic heterocycles. The van der Waals surface area contributed by atoms with Crippen molar-refractivity contribution in [2.24, 2.45) is 0 Å². The fraction of sp³-hybridized carbons (Fsp3) is 0.0526. The molecule has 0 saturated heterocycles. The molecular formula is C38H30N4. The number of aromatic nitrogens is 2. The van der Waals surface area contributed by atoms with Crippen LogP contribution in [-0.2, 0) is 0 Å². The number of benzene rings is 3. The van der Waals surface area contributed by atoms with Gasteiger partial charge in [0.05, 0.1) is 0 Å². The van der Waals surface area contributed by atoms with Gasteiger partial charge in [0.2, 0.25) is 0 Å². The van der Waals surface area contributed by atoms with Gasteiger partial charge in [-0.3, -0.25) is 9.97 Å². The molecule has 0 fully saturated rings. The fourth-order valence-corrected chi connectivity index (χ4v) is 5.50. The lowest BCUT2D eigenvalue weighted by molar-refractivity contribution is 0.976. The summed E-state index contributed by atoms with van der Waals surface area (Å²) in [6, 6.07) is 30.6. The van der Waals surface area contributed by atoms with Crippen LogP contribution in [0.15, 0.2) is 146 Å². The van der Waals surface area contributed by atoms with Gasteiger partial charge in [-0.2, -0.15) is 0 Å². The molecule has 0 amide bonds. The van der Waals surface area contributed by atoms with Crippen molar-refractivity contribution in [1.29, 1.82) is 0 Å². The van der Waals surface area contributed by atoms with E-state index in [1.54, 1.807) is 0 Å². The average molecular weight is 543 g/mol. The quantitative estimate of drug-likeness (QED) is 0.227. The van der Waals surface area contributed by atoms with Crippen molar-refractivity contribution < 1.29 is 0 Å². The van der Waals surface area contributed by atoms with Crippen LogP contribution in [0.2, 0.25) is 0 Å². The normalized spacial score (nSPS) is 14.0. The number of nitrogens with zero attached hydrogens (tertiary/aromatic N) is 2. The largest absolute Gasteiger partial charge is 0.387 e. The van der Waals surface area contributed by atoms with E-state index in [9.17, 15) is 0 Å². The van der Waals surface area contributed by atoms with Crippen LogP contribution in [0.4, 0.5) is 0 Å². The number of hydrogen-bond donors (Lipinski definition) is 2. The first-order chi connectivity index (χ1) is 20.8. The molecule has 5 aromatic rings. The van der Waals surface area contributed by atoms with Crippen LogP contribution < -0.4 is 10.6 Å². The number of hydrogen-bond acceptors (Lipinski definition) is 4. The van der Waals surface area contributed by atoms with E-state index < -0.39 is 0 Å². The van der Waals surface area contributed by atoms with E-state index in [2.05, 4.69) is 130 Å². The Labute approximate surface area is 246 Å². The van der Waals surface area contributed by atoms with Gasteiger partial charge in [-0.15, -0.1) is 0 Å². The molecule has 2 N–H and O–H groups in total. The zero-order chi connectivity index (χ0) is 28.1. The maximum atomic E-state index is 4.38. The van der Waals surface area contributed by atoms with Crippen molar-refractivity contribution >= 4 is 11.1 Å². The summed E-state index contributed by atoms with van der Waals surface area (Å²) in [7, 11) is 0. The van der Waals surface area contributed by atoms with Gasteiger partial charge in [0.25, 0.3) is 0 Å². The predicted octanol–water partition coefficient (Wildman–Crippen LogP) is 8.15. The lowest BCUT2D eigenvalue weighted by atomic mass is 9.90. The number of dihydropyridines is 2. The standard InChI is InChI=1S/C38H30N4/c1-6-27(33-17-35(29-8-2-12-39-23-29)21-36(18-33)30-9-3-13-40-24-30)16-28(7-1)34-19-37(31-10-4-14-41-25-31)22-38(20-34)32-11-5-15-42-26-32/h1-12,14,16-26,40,42H,13,15H2. The van der Waals surface area contributed by atoms with E-state index in [4.69, 9.17) is 0 Å². The fourth-order valence-electron chi connectivity index (χ4n) is 5.50. The Bertz CT molecular complexity index is 1730. The molecule has 0 unspecified atom stereocenters. The van der Waals surface area contributed by atoms with E-state index in [1.165, 1.54) is 44.5 Å². The average Bonchev–Trinajstić information content (AvgIpc) is 3.09. The molecule has 7 rings (SSSR count). The molecule has 0 atom stereocenters. The Hall–Kier alpha value is -5.48. The van der Waals surface area contributed by atoms with E-state index >= 15 is 0 Å². The van der Waals surface area contributed by atoms with Crippen LogP contribution >= 0.6 is 0 Å². The van der Waals surface area contributed by atoms with E-state index in [0.717, 1.165) is 35.3 Å². The van der Waals surface area contributed by atoms with Crippen molar-refractivity contribution in [3.63, 3.8) is 0 Å². The van der Waals surface area contributed by atoms with Crippen LogP contribution in [0.25, 0.3) is 55.7 Å². The summed E-state index contributed by atoms with van der Waals surface area (Å²) >= 11 is 0. The molecule has 0 bridgehead atoms. The van der Waals surface area contributed by atoms with Gasteiger partial charge in [-0.1, -0.05) is 54.6 Å². The number of pyridine rings is 2. The lowest BCUT2D eigenvalue weighted by Crippen LogP contribution is -2.08. The number of rotatable bonds is 6. The Morgan fingerprint density at radius 1 is 0.429 bits per heavy atom. The van der Waals surface area contributed by atoms with Gasteiger partial charge in [0.1, 0.15) is 0 Å². The monoisotopic (exact) mass is 542 g/mol. The molecule has 4 heteroatoms. The van der Waals surface area contributed by atoms with Gasteiger partial charge >= 0.3 is 0 Å². The van der Waals surface area contributed by atoms with Gasteiger partial charge < -0.3 is 10.6 Å². The summed E-state index contributed by atoms with van der Waals surface area (Å²) in [5.74, 6) is 0. The smallest absolute Gasteiger partial charge is 0.0346 e. The molecule has 42 heavy (non-hydrogen) atoms. The molecule has 4 heterocycles. The maximum Gasteiger partial charge on any atom is 0.0346 e. The maximum absolute atomic E-state index is 4.38. The van der Waals surface area contributed by atoms with Crippen LogP contribution in [0.5, 0.6) is 0 Å². The SMILES string of the molecule is C1=CC(c2cc(-c3cccnc3)cc(-c3cccc(-c4cc(C5=CNCC=C5)cc(-c5cccnc5)c4)c3)c2)=CNC1. The molecule has 2 aliphatic rings. The molecule has 3 aromatic carbocycles. The van der Waals surface area contributed by atoms with E-state index in [0.29, 0.717) is 0 Å². The van der Waals surface area contributed by atoms with Crippen LogP contribution in [-0.4, -0.2) is 23.1 Å². The molecular weight excluding hydrogens is 512 g/mol. The van der Waals surface area contributed by atoms with Crippen LogP contribution in [0.1, 0.15) is 11.1 Å². The zero-order valence-corrected chi connectivity index (χ0v) is 23.2. The number of nitrogens with one attached hydrogen (secondary N) is 2. The van der Waals surface area contributed by atoms with E-state index in [-0.39, 0.29) is 0 Å². The first-order valence-electron chi connectivity index (χ1n) is 14.2. The molecule has 4 nitrogen and oxygen atoms in total. The minimum absolute atomic E-state index is 0.851. The molecule has 2 aromatic heterocycles. The Morgan fingerprint density at radius 3 is 1.24 bits per heavy atom. The van der Waals surface area contributed by atoms with Crippen molar-refractivity contribution in [2.75, 3.05) is 13.1 Å². The minimum atomic E-state index is 0.851. The third-order valence-corrected chi connectivity index (χ3v) is 7.63. The van der Waals surface area contributed by atoms with Gasteiger partial charge in [0, 0.05) is 61.4 Å². The van der Waals surface area contributed by atoms with Crippen molar-refractivity contribution in [3.05, 3.63) is 158 Å². The second kappa shape index (κ2) is 11.6. The van der Waals surface area contributed by atoms with Gasteiger partial charge in [0.15, 0.2) is 0 Å². The molecule has 0 spiro atoms. The summed E-state index contributed by atoms with van der Waals surface area (Å²) in [6.07, 6.45) is 20.4. The highest BCUT2D eigenvalue weighted by Gasteiger charge is 2.12. The predicted molar refractivity (Wildman–Crippen MR) is 174 cm³/mol. The first-order valence-corrected chi connectivity index (χ1v) is 14.2. The second-order valence-corrected chi connectivity index (χ2v) is 10.5. The minimum Gasteiger partial charge on any atom is -0.387 e. The molecule has 0 radical (unpaired) electrons. The summed E-state index contributed by atoms with van der Waals surface area (Å²) < 4.78 is 0. The highest BCUT2D eigenvalue weighted by Crippen LogP contribution is 2.36. The van der Waals surface area contributed by atoms with Crippen LogP contribution in [0.3, 0.4) is 0 Å². The van der Waals surface area contributed by atoms with Gasteiger partial charge in [-0.05, 0) is 110 Å². The molecule has 0 aliphatic carbocycles. The highest BCUT2D eigenvalue weighted by atomic mass is 14.8. The Kier molecular flexibility index (Phi) is 7.01. The Morgan fingerprint density at radius 2 is 0.833 bits per heavy atom. The van der Waals surface area contributed by atoms with Crippen molar-refractivity contribution in [2.45, 2.75) is 0 Å². The topological polar surface area (TPSA) is 49.8 Å². The summed E-state index contributed by atoms with van der Waals surface area (Å²) in [6.45, 7) is 1.70. The summed E-state index contributed by atoms with van der Waals surface area (Å²) in [5, 5.41) is 6.71. The van der Waals surface area contributed by atoms with E-state index in [1.807, 2.05) is 36.9 Å². The van der Waals surface area contributed by atoms with Crippen molar-refractivity contribution in [1.82, 2.24) is 20.6 Å². The summed E-state index contributed by atoms with van der Waals surface area (Å²) in [4.78, 5) is 8.76. The van der Waals surface area contributed by atoms with Crippen LogP contribution in [0, 0.1) is 0 Å². The second-order valence-electron chi connectivity index (χ2n) is 10.5.